The molecule has 0 aromatic heterocycles. The number of carbonyl (C=O) groups is 1. The molecule has 0 aliphatic carbocycles. The molecule has 2 aromatic rings. The number of hydrogen-bond acceptors (Lipinski definition) is 5. The molecule has 2 aliphatic heterocycles. The van der Waals surface area contributed by atoms with Crippen LogP contribution in [0.15, 0.2) is 42.5 Å². The molecule has 1 saturated heterocycles. The highest BCUT2D eigenvalue weighted by Gasteiger charge is 2.24. The summed E-state index contributed by atoms with van der Waals surface area (Å²) in [5.74, 6) is 0.440. The molecule has 1 N–H and O–H groups in total. The summed E-state index contributed by atoms with van der Waals surface area (Å²) in [6, 6.07) is 11.3. The summed E-state index contributed by atoms with van der Waals surface area (Å²) in [6.07, 6.45) is 3.08. The molecule has 8 nitrogen and oxygen atoms in total. The van der Waals surface area contributed by atoms with Crippen molar-refractivity contribution in [1.82, 2.24) is 4.90 Å². The average Bonchev–Trinajstić information content (AvgIpc) is 2.79. The van der Waals surface area contributed by atoms with Gasteiger partial charge in [-0.15, -0.1) is 0 Å². The first-order chi connectivity index (χ1) is 15.0. The Labute approximate surface area is 180 Å². The summed E-state index contributed by atoms with van der Waals surface area (Å²) in [5, 5.41) is 11.2. The van der Waals surface area contributed by atoms with Crippen LogP contribution in [0.25, 0.3) is 6.08 Å². The minimum Gasteiger partial charge on any atom is -0.467 e. The highest BCUT2D eigenvalue weighted by Crippen LogP contribution is 2.33. The molecule has 162 valence electrons. The van der Waals surface area contributed by atoms with Crippen LogP contribution < -0.4 is 9.64 Å². The Balaban J connectivity index is 1.40. The number of non-ortho nitro benzene ring substituents is 1. The van der Waals surface area contributed by atoms with Crippen LogP contribution >= 0.6 is 0 Å². The van der Waals surface area contributed by atoms with Gasteiger partial charge in [0.25, 0.3) is 5.69 Å². The fraction of sp³-hybridized carbons (Fsp3) is 0.348. The number of rotatable bonds is 5. The smallest absolute Gasteiger partial charge is 0.270 e. The number of quaternary nitrogens is 1. The number of carbonyl (C=O) groups excluding carboxylic acids is 1. The Bertz CT molecular complexity index is 1010. The summed E-state index contributed by atoms with van der Waals surface area (Å²) in [7, 11) is 0. The number of nitro groups is 1. The van der Waals surface area contributed by atoms with Crippen molar-refractivity contribution in [2.24, 2.45) is 0 Å². The van der Waals surface area contributed by atoms with Crippen molar-refractivity contribution < 1.29 is 24.1 Å². The van der Waals surface area contributed by atoms with E-state index in [1.807, 2.05) is 11.0 Å². The van der Waals surface area contributed by atoms with Gasteiger partial charge in [-0.1, -0.05) is 24.3 Å². The van der Waals surface area contributed by atoms with Gasteiger partial charge < -0.3 is 19.3 Å². The summed E-state index contributed by atoms with van der Waals surface area (Å²) in [4.78, 5) is 26.8. The van der Waals surface area contributed by atoms with Crippen molar-refractivity contribution in [3.8, 4) is 5.75 Å². The van der Waals surface area contributed by atoms with Gasteiger partial charge in [0.1, 0.15) is 12.3 Å². The molecule has 8 heteroatoms. The molecule has 1 fully saturated rings. The number of fused-ring (bicyclic) bond motifs is 1. The van der Waals surface area contributed by atoms with Crippen LogP contribution in [-0.4, -0.2) is 48.7 Å². The van der Waals surface area contributed by atoms with E-state index >= 15 is 0 Å². The van der Waals surface area contributed by atoms with E-state index in [9.17, 15) is 14.9 Å². The Morgan fingerprint density at radius 2 is 2.03 bits per heavy atom. The highest BCUT2D eigenvalue weighted by atomic mass is 16.7. The third kappa shape index (κ3) is 4.92. The molecule has 1 amide bonds. The van der Waals surface area contributed by atoms with E-state index in [0.29, 0.717) is 30.0 Å². The van der Waals surface area contributed by atoms with Crippen LogP contribution in [0, 0.1) is 17.0 Å². The molecule has 2 heterocycles. The second-order valence-electron chi connectivity index (χ2n) is 7.90. The molecule has 4 rings (SSSR count). The van der Waals surface area contributed by atoms with Crippen LogP contribution in [-0.2, 0) is 22.7 Å². The van der Waals surface area contributed by atoms with E-state index < -0.39 is 4.92 Å². The second kappa shape index (κ2) is 9.28. The Morgan fingerprint density at radius 1 is 1.26 bits per heavy atom. The lowest BCUT2D eigenvalue weighted by molar-refractivity contribution is -0.917. The van der Waals surface area contributed by atoms with Gasteiger partial charge in [-0.2, -0.15) is 0 Å². The van der Waals surface area contributed by atoms with Crippen LogP contribution in [0.2, 0.25) is 0 Å². The molecule has 0 radical (unpaired) electrons. The molecule has 2 aromatic carbocycles. The molecular weight excluding hydrogens is 398 g/mol. The van der Waals surface area contributed by atoms with E-state index in [2.05, 4.69) is 25.1 Å². The molecular formula is C23H26N3O5+. The third-order valence-electron chi connectivity index (χ3n) is 5.82. The SMILES string of the molecule is Cc1ccccc1C[NH+]1CCN(C(=O)/C=C/c2cc([N+](=O)[O-])cc3c2OCOC3)CC1. The number of nitrogens with zero attached hydrogens (tertiary/aromatic N) is 2. The van der Waals surface area contributed by atoms with E-state index in [-0.39, 0.29) is 25.0 Å². The van der Waals surface area contributed by atoms with E-state index in [0.717, 1.165) is 19.6 Å². The number of nitro benzene ring substituents is 1. The fourth-order valence-electron chi connectivity index (χ4n) is 4.03. The number of nitrogens with one attached hydrogen (secondary N) is 1. The van der Waals surface area contributed by atoms with Gasteiger partial charge in [0, 0.05) is 34.9 Å². The summed E-state index contributed by atoms with van der Waals surface area (Å²) < 4.78 is 10.7. The zero-order valence-corrected chi connectivity index (χ0v) is 17.5. The summed E-state index contributed by atoms with van der Waals surface area (Å²) in [5.41, 5.74) is 3.72. The quantitative estimate of drug-likeness (QED) is 0.449. The zero-order chi connectivity index (χ0) is 21.8. The topological polar surface area (TPSA) is 86.4 Å². The molecule has 0 unspecified atom stereocenters. The molecule has 2 aliphatic rings. The Kier molecular flexibility index (Phi) is 6.29. The van der Waals surface area contributed by atoms with E-state index in [4.69, 9.17) is 9.47 Å². The van der Waals surface area contributed by atoms with Crippen molar-refractivity contribution in [3.05, 3.63) is 74.8 Å². The molecule has 0 saturated carbocycles. The number of benzene rings is 2. The maximum atomic E-state index is 12.7. The zero-order valence-electron chi connectivity index (χ0n) is 17.5. The minimum atomic E-state index is -0.454. The predicted molar refractivity (Wildman–Crippen MR) is 115 cm³/mol. The molecule has 0 spiro atoms. The fourth-order valence-corrected chi connectivity index (χ4v) is 4.03. The van der Waals surface area contributed by atoms with Crippen molar-refractivity contribution in [2.45, 2.75) is 20.1 Å². The summed E-state index contributed by atoms with van der Waals surface area (Å²) in [6.45, 7) is 6.57. The van der Waals surface area contributed by atoms with Crippen LogP contribution in [0.3, 0.4) is 0 Å². The largest absolute Gasteiger partial charge is 0.467 e. The van der Waals surface area contributed by atoms with Crippen molar-refractivity contribution in [1.29, 1.82) is 0 Å². The maximum absolute atomic E-state index is 12.7. The van der Waals surface area contributed by atoms with Crippen molar-refractivity contribution in [3.63, 3.8) is 0 Å². The van der Waals surface area contributed by atoms with E-state index in [1.165, 1.54) is 34.2 Å². The number of amides is 1. The monoisotopic (exact) mass is 424 g/mol. The van der Waals surface area contributed by atoms with Gasteiger partial charge in [-0.05, 0) is 18.6 Å². The lowest BCUT2D eigenvalue weighted by atomic mass is 10.1. The van der Waals surface area contributed by atoms with Crippen LogP contribution in [0.1, 0.15) is 22.3 Å². The Hall–Kier alpha value is -3.23. The van der Waals surface area contributed by atoms with Gasteiger partial charge in [-0.3, -0.25) is 14.9 Å². The first-order valence-electron chi connectivity index (χ1n) is 10.4. The average molecular weight is 424 g/mol. The number of aryl methyl sites for hydroxylation is 1. The highest BCUT2D eigenvalue weighted by molar-refractivity contribution is 5.92. The molecule has 0 bridgehead atoms. The Morgan fingerprint density at radius 3 is 2.77 bits per heavy atom. The van der Waals surface area contributed by atoms with Gasteiger partial charge in [-0.25, -0.2) is 0 Å². The van der Waals surface area contributed by atoms with Gasteiger partial charge >= 0.3 is 0 Å². The lowest BCUT2D eigenvalue weighted by Crippen LogP contribution is -3.13. The van der Waals surface area contributed by atoms with Crippen LogP contribution in [0.4, 0.5) is 5.69 Å². The molecule has 0 atom stereocenters. The van der Waals surface area contributed by atoms with Crippen molar-refractivity contribution in [2.75, 3.05) is 33.0 Å². The second-order valence-corrected chi connectivity index (χ2v) is 7.90. The molecule has 31 heavy (non-hydrogen) atoms. The standard InChI is InChI=1S/C23H25N3O5/c1-17-4-2-3-5-19(17)14-24-8-10-25(11-9-24)22(27)7-6-18-12-21(26(28)29)13-20-15-30-16-31-23(18)20/h2-7,12-13H,8-11,14-16H2,1H3/p+1/b7-6+. The first kappa shape index (κ1) is 21.0. The number of hydrogen-bond donors (Lipinski definition) is 1. The lowest BCUT2D eigenvalue weighted by Gasteiger charge is -2.32. The van der Waals surface area contributed by atoms with Gasteiger partial charge in [0.15, 0.2) is 6.79 Å². The number of ether oxygens (including phenoxy) is 2. The summed E-state index contributed by atoms with van der Waals surface area (Å²) >= 11 is 0. The first-order valence-corrected chi connectivity index (χ1v) is 10.4. The normalized spacial score (nSPS) is 16.7. The minimum absolute atomic E-state index is 0.0478. The van der Waals surface area contributed by atoms with Crippen molar-refractivity contribution >= 4 is 17.7 Å². The maximum Gasteiger partial charge on any atom is 0.270 e. The van der Waals surface area contributed by atoms with E-state index in [1.54, 1.807) is 6.08 Å². The predicted octanol–water partition coefficient (Wildman–Crippen LogP) is 1.71. The van der Waals surface area contributed by atoms with Gasteiger partial charge in [0.2, 0.25) is 5.91 Å². The number of piperazine rings is 1. The van der Waals surface area contributed by atoms with Crippen LogP contribution in [0.5, 0.6) is 5.75 Å². The van der Waals surface area contributed by atoms with Gasteiger partial charge in [0.05, 0.1) is 37.7 Å². The third-order valence-corrected chi connectivity index (χ3v) is 5.82.